The number of halogens is 1. The fraction of sp³-hybridized carbons (Fsp3) is 0.238. The Balaban J connectivity index is 0.000000223. The summed E-state index contributed by atoms with van der Waals surface area (Å²) in [4.78, 5) is 9.64. The number of benzene rings is 7. The van der Waals surface area contributed by atoms with E-state index in [2.05, 4.69) is 182 Å². The van der Waals surface area contributed by atoms with Crippen LogP contribution in [0.2, 0.25) is 17.3 Å². The molecule has 0 aliphatic carbocycles. The third-order valence-corrected chi connectivity index (χ3v) is 16.7. The minimum absolute atomic E-state index is 0. The van der Waals surface area contributed by atoms with Crippen molar-refractivity contribution in [1.29, 1.82) is 0 Å². The van der Waals surface area contributed by atoms with E-state index in [9.17, 15) is 4.39 Å². The largest absolute Gasteiger partial charge is 0 e. The minimum Gasteiger partial charge on any atom is 0 e. The van der Waals surface area contributed by atoms with Gasteiger partial charge in [-0.05, 0) is 63.4 Å². The molecule has 0 unspecified atom stereocenters. The fourth-order valence-corrected chi connectivity index (χ4v) is 12.1. The second kappa shape index (κ2) is 20.4. The summed E-state index contributed by atoms with van der Waals surface area (Å²) in [5.74, 6) is 7.29. The Morgan fingerprint density at radius 1 is 0.729 bits per heavy atom. The van der Waals surface area contributed by atoms with Crippen LogP contribution in [0.4, 0.5) is 4.39 Å². The maximum absolute atomic E-state index is 14.7. The predicted molar refractivity (Wildman–Crippen MR) is 291 cm³/mol. The summed E-state index contributed by atoms with van der Waals surface area (Å²) in [6, 6.07) is 55.1. The zero-order chi connectivity index (χ0) is 53.1. The van der Waals surface area contributed by atoms with Crippen LogP contribution in [0, 0.1) is 30.2 Å². The molecule has 3 aromatic heterocycles. The zero-order valence-electron chi connectivity index (χ0n) is 46.5. The van der Waals surface area contributed by atoms with Gasteiger partial charge in [-0.1, -0.05) is 136 Å². The van der Waals surface area contributed by atoms with Crippen molar-refractivity contribution in [1.82, 2.24) is 14.5 Å². The molecule has 4 nitrogen and oxygen atoms in total. The van der Waals surface area contributed by atoms with Gasteiger partial charge in [0, 0.05) is 31.2 Å². The van der Waals surface area contributed by atoms with Crippen LogP contribution in [-0.4, -0.2) is 27.8 Å². The van der Waals surface area contributed by atoms with Gasteiger partial charge in [-0.15, -0.1) is 18.2 Å². The molecule has 0 atom stereocenters. The molecule has 0 aliphatic heterocycles. The number of rotatable bonds is 9. The first kappa shape index (κ1) is 44.1. The molecule has 0 N–H and O–H groups in total. The molecule has 70 heavy (non-hydrogen) atoms. The molecular formula is C63H62FGeIrN3O-2. The van der Waals surface area contributed by atoms with E-state index in [0.717, 1.165) is 65.9 Å². The molecule has 1 radical (unpaired) electrons. The number of nitrogens with zero attached hydrogens (tertiary/aromatic N) is 3. The maximum atomic E-state index is 14.7. The quantitative estimate of drug-likeness (QED) is 0.107. The Kier molecular flexibility index (Phi) is 12.9. The molecule has 0 saturated heterocycles. The van der Waals surface area contributed by atoms with Gasteiger partial charge in [0.25, 0.3) is 0 Å². The normalized spacial score (nSPS) is 13.4. The summed E-state index contributed by atoms with van der Waals surface area (Å²) in [5, 5.41) is 2.15. The van der Waals surface area contributed by atoms with Crippen molar-refractivity contribution in [3.8, 4) is 50.6 Å². The second-order valence-electron chi connectivity index (χ2n) is 20.6. The van der Waals surface area contributed by atoms with E-state index in [-0.39, 0.29) is 36.9 Å². The number of aryl methyl sites for hydroxylation is 1. The first-order valence-corrected chi connectivity index (χ1v) is 31.1. The summed E-state index contributed by atoms with van der Waals surface area (Å²) in [7, 11) is 0. The van der Waals surface area contributed by atoms with Crippen LogP contribution in [0.5, 0.6) is 0 Å². The molecule has 0 amide bonds. The summed E-state index contributed by atoms with van der Waals surface area (Å²) in [5.41, 5.74) is 13.1. The van der Waals surface area contributed by atoms with Crippen LogP contribution < -0.4 is 4.40 Å². The maximum Gasteiger partial charge on any atom is 0 e. The molecule has 10 aromatic rings. The topological polar surface area (TPSA) is 43.9 Å². The van der Waals surface area contributed by atoms with Crippen molar-refractivity contribution in [2.45, 2.75) is 90.8 Å². The second-order valence-corrected chi connectivity index (χ2v) is 31.1. The van der Waals surface area contributed by atoms with Crippen LogP contribution in [0.15, 0.2) is 156 Å². The first-order chi connectivity index (χ1) is 34.9. The van der Waals surface area contributed by atoms with Crippen LogP contribution in [0.25, 0.3) is 83.6 Å². The van der Waals surface area contributed by atoms with Gasteiger partial charge >= 0.3 is 149 Å². The van der Waals surface area contributed by atoms with Gasteiger partial charge in [-0.2, -0.15) is 0 Å². The monoisotopic (exact) mass is 1170 g/mol. The number of furan rings is 1. The molecular weight excluding hydrogens is 1100 g/mol. The summed E-state index contributed by atoms with van der Waals surface area (Å²) in [6.45, 7) is 12.2. The van der Waals surface area contributed by atoms with Gasteiger partial charge < -0.3 is 8.98 Å². The molecule has 0 fully saturated rings. The Morgan fingerprint density at radius 2 is 1.37 bits per heavy atom. The van der Waals surface area contributed by atoms with E-state index in [0.29, 0.717) is 17.4 Å². The number of hydrogen-bond acceptors (Lipinski definition) is 3. The van der Waals surface area contributed by atoms with Gasteiger partial charge in [0.05, 0.1) is 22.4 Å². The standard InChI is InChI=1S/C43H35N2O.C20H27FGeN.Ir/c1-27(2)33-14-10-15-34(28(3)4)41(33)45-39-19-9-8-18-38(39)44-43(45)37-17-11-16-36-35-25-24-32(26-40(35)46-42(36)37)31-22-20-30(21-23-31)29-12-6-5-7-13-29;1-14-8-9-16(17(21)10-14)19-11-15(12-20(2,3)4)18(13-23-19)22(5,6)7;/h5-16,18-28H,1-4H3;8,10-11,13H,12H2,1-7H3;/q2*-1;/i;1D3,12D2;. The van der Waals surface area contributed by atoms with E-state index in [1.165, 1.54) is 34.0 Å². The van der Waals surface area contributed by atoms with Gasteiger partial charge in [0.2, 0.25) is 0 Å². The molecule has 7 heteroatoms. The van der Waals surface area contributed by atoms with Crippen LogP contribution in [0.3, 0.4) is 0 Å². The molecule has 0 aliphatic rings. The number of hydrogen-bond donors (Lipinski definition) is 0. The third kappa shape index (κ3) is 10.4. The van der Waals surface area contributed by atoms with E-state index in [1.54, 1.807) is 12.3 Å². The smallest absolute Gasteiger partial charge is 0 e. The van der Waals surface area contributed by atoms with E-state index in [1.807, 2.05) is 32.9 Å². The van der Waals surface area contributed by atoms with Crippen molar-refractivity contribution >= 4 is 50.6 Å². The molecule has 0 spiro atoms. The number of para-hydroxylation sites is 3. The summed E-state index contributed by atoms with van der Waals surface area (Å²) >= 11 is -2.47. The third-order valence-electron chi connectivity index (χ3n) is 12.5. The van der Waals surface area contributed by atoms with E-state index >= 15 is 0 Å². The van der Waals surface area contributed by atoms with Gasteiger partial charge in [-0.3, -0.25) is 4.98 Å². The fourth-order valence-electron chi connectivity index (χ4n) is 9.13. The number of aromatic nitrogens is 3. The minimum atomic E-state index is -2.47. The summed E-state index contributed by atoms with van der Waals surface area (Å²) in [6.07, 6.45) is 0.0207. The van der Waals surface area contributed by atoms with Gasteiger partial charge in [-0.25, -0.2) is 0 Å². The number of pyridine rings is 1. The Morgan fingerprint density at radius 3 is 2.01 bits per heavy atom. The summed E-state index contributed by atoms with van der Waals surface area (Å²) < 4.78 is 64.4. The van der Waals surface area contributed by atoms with Crippen LogP contribution in [-0.2, 0) is 26.5 Å². The van der Waals surface area contributed by atoms with Gasteiger partial charge in [0.15, 0.2) is 0 Å². The molecule has 10 rings (SSSR count). The van der Waals surface area contributed by atoms with Crippen LogP contribution in [0.1, 0.15) is 89.4 Å². The Hall–Kier alpha value is -5.92. The average molecular weight is 1170 g/mol. The molecule has 357 valence electrons. The molecule has 7 aromatic carbocycles. The first-order valence-electron chi connectivity index (χ1n) is 26.3. The van der Waals surface area contributed by atoms with Gasteiger partial charge in [0.1, 0.15) is 5.58 Å². The SMILES string of the molecule is CC(C)c1cccc(C(C)C)c1-n1c(-c2[c-]ccc3c2oc2cc(-c4ccc(-c5ccccc5)cc4)ccc23)nc2ccccc21.[2H]C([2H])([2H])c1c[c-]c(-c2cc(C([2H])([2H])C(C)(C)C)[c]([Ge]([CH3])([CH3])[CH3])cn2)c(F)c1.[Ir]. The number of fused-ring (bicyclic) bond motifs is 4. The van der Waals surface area contributed by atoms with Crippen LogP contribution >= 0.6 is 0 Å². The van der Waals surface area contributed by atoms with E-state index < -0.39 is 37.7 Å². The van der Waals surface area contributed by atoms with E-state index in [4.69, 9.17) is 16.3 Å². The zero-order valence-corrected chi connectivity index (χ0v) is 46.0. The molecule has 0 bridgehead atoms. The Labute approximate surface area is 437 Å². The molecule has 0 saturated carbocycles. The Bertz CT molecular complexity index is 3660. The van der Waals surface area contributed by atoms with Crippen molar-refractivity contribution in [2.24, 2.45) is 5.41 Å². The van der Waals surface area contributed by atoms with Crippen molar-refractivity contribution in [3.63, 3.8) is 0 Å². The predicted octanol–water partition coefficient (Wildman–Crippen LogP) is 17.1. The number of imidazole rings is 1. The molecule has 3 heterocycles. The van der Waals surface area contributed by atoms with Crippen molar-refractivity contribution in [3.05, 3.63) is 192 Å². The van der Waals surface area contributed by atoms with Crippen molar-refractivity contribution in [2.75, 3.05) is 0 Å². The van der Waals surface area contributed by atoms with Crippen molar-refractivity contribution < 1.29 is 35.8 Å². The average Bonchev–Trinajstić information content (AvgIpc) is 3.94.